The number of amides is 2. The van der Waals surface area contributed by atoms with Gasteiger partial charge < -0.3 is 14.2 Å². The van der Waals surface area contributed by atoms with Gasteiger partial charge in [0, 0.05) is 18.2 Å². The van der Waals surface area contributed by atoms with Gasteiger partial charge in [-0.15, -0.1) is 0 Å². The lowest BCUT2D eigenvalue weighted by atomic mass is 10.2. The molecular formula is C21H23N3O5S. The lowest BCUT2D eigenvalue weighted by molar-refractivity contribution is 0.0934. The smallest absolute Gasteiger partial charge is 0.269 e. The fourth-order valence-corrected chi connectivity index (χ4v) is 2.34. The van der Waals surface area contributed by atoms with Crippen LogP contribution in [0.4, 0.5) is 0 Å². The highest BCUT2D eigenvalue weighted by Gasteiger charge is 2.10. The molecule has 0 heterocycles. The largest absolute Gasteiger partial charge is 0.491 e. The minimum absolute atomic E-state index is 0.0419. The topological polar surface area (TPSA) is 97.9 Å². The molecule has 0 atom stereocenters. The molecule has 2 aromatic carbocycles. The molecule has 2 aromatic rings. The Morgan fingerprint density at radius 1 is 0.900 bits per heavy atom. The van der Waals surface area contributed by atoms with Crippen molar-refractivity contribution in [3.05, 3.63) is 72.3 Å². The molecule has 0 fully saturated rings. The van der Waals surface area contributed by atoms with Crippen molar-refractivity contribution in [2.75, 3.05) is 26.9 Å². The summed E-state index contributed by atoms with van der Waals surface area (Å²) in [7, 11) is 1.59. The Morgan fingerprint density at radius 2 is 1.47 bits per heavy atom. The van der Waals surface area contributed by atoms with Crippen molar-refractivity contribution >= 4 is 29.1 Å². The van der Waals surface area contributed by atoms with Crippen LogP contribution in [0.15, 0.2) is 61.2 Å². The standard InChI is InChI=1S/C21H23N3O5S/c1-3-12-28-17-10-6-16(7-11-17)20(26)23-24-21(30)22-19(25)15-4-8-18(9-5-15)29-14-13-27-2/h3-11H,1,12-14H2,2H3,(H,23,26)(H2,22,24,25,30). The van der Waals surface area contributed by atoms with Crippen molar-refractivity contribution in [3.8, 4) is 11.5 Å². The second kappa shape index (κ2) is 12.2. The molecule has 2 amide bonds. The van der Waals surface area contributed by atoms with Crippen molar-refractivity contribution in [2.24, 2.45) is 0 Å². The van der Waals surface area contributed by atoms with Gasteiger partial charge in [0.2, 0.25) is 0 Å². The fourth-order valence-electron chi connectivity index (χ4n) is 2.20. The number of hydrogen-bond acceptors (Lipinski definition) is 6. The second-order valence-corrected chi connectivity index (χ2v) is 6.26. The molecule has 2 rings (SSSR count). The number of carbonyl (C=O) groups is 2. The first-order chi connectivity index (χ1) is 14.5. The Bertz CT molecular complexity index is 869. The number of ether oxygens (including phenoxy) is 3. The quantitative estimate of drug-likeness (QED) is 0.243. The van der Waals surface area contributed by atoms with Gasteiger partial charge in [-0.1, -0.05) is 12.7 Å². The van der Waals surface area contributed by atoms with Crippen LogP contribution in [0.3, 0.4) is 0 Å². The van der Waals surface area contributed by atoms with Gasteiger partial charge in [0.1, 0.15) is 24.7 Å². The number of nitrogens with one attached hydrogen (secondary N) is 3. The van der Waals surface area contributed by atoms with Crippen LogP contribution in [0.1, 0.15) is 20.7 Å². The van der Waals surface area contributed by atoms with Crippen LogP contribution in [-0.2, 0) is 4.74 Å². The minimum atomic E-state index is -0.422. The second-order valence-electron chi connectivity index (χ2n) is 5.85. The molecule has 0 aliphatic rings. The summed E-state index contributed by atoms with van der Waals surface area (Å²) in [5, 5.41) is 2.44. The van der Waals surface area contributed by atoms with E-state index in [0.29, 0.717) is 42.4 Å². The predicted molar refractivity (Wildman–Crippen MR) is 117 cm³/mol. The monoisotopic (exact) mass is 429 g/mol. The van der Waals surface area contributed by atoms with Gasteiger partial charge in [-0.05, 0) is 60.7 Å². The molecule has 8 nitrogen and oxygen atoms in total. The maximum Gasteiger partial charge on any atom is 0.269 e. The molecule has 0 saturated carbocycles. The molecule has 0 aliphatic carbocycles. The third-order valence-corrected chi connectivity index (χ3v) is 3.88. The number of carbonyl (C=O) groups excluding carboxylic acids is 2. The van der Waals surface area contributed by atoms with E-state index in [4.69, 9.17) is 26.4 Å². The molecule has 0 aliphatic heterocycles. The zero-order valence-electron chi connectivity index (χ0n) is 16.5. The SMILES string of the molecule is C=CCOc1ccc(C(=O)NNC(=S)NC(=O)c2ccc(OCCOC)cc2)cc1. The Morgan fingerprint density at radius 3 is 2.03 bits per heavy atom. The van der Waals surface area contributed by atoms with Crippen LogP contribution in [0, 0.1) is 0 Å². The van der Waals surface area contributed by atoms with Crippen molar-refractivity contribution in [2.45, 2.75) is 0 Å². The van der Waals surface area contributed by atoms with Crippen molar-refractivity contribution in [1.82, 2.24) is 16.2 Å². The van der Waals surface area contributed by atoms with Crippen LogP contribution in [0.25, 0.3) is 0 Å². The number of benzene rings is 2. The van der Waals surface area contributed by atoms with Gasteiger partial charge in [-0.25, -0.2) is 0 Å². The summed E-state index contributed by atoms with van der Waals surface area (Å²) in [6, 6.07) is 13.1. The average Bonchev–Trinajstić information content (AvgIpc) is 2.77. The Hall–Kier alpha value is -3.43. The van der Waals surface area contributed by atoms with Crippen molar-refractivity contribution in [1.29, 1.82) is 0 Å². The van der Waals surface area contributed by atoms with E-state index >= 15 is 0 Å². The van der Waals surface area contributed by atoms with E-state index in [1.165, 1.54) is 0 Å². The van der Waals surface area contributed by atoms with E-state index in [2.05, 4.69) is 22.7 Å². The van der Waals surface area contributed by atoms with Gasteiger partial charge in [-0.3, -0.25) is 25.8 Å². The Balaban J connectivity index is 1.78. The van der Waals surface area contributed by atoms with Crippen LogP contribution < -0.4 is 25.6 Å². The lowest BCUT2D eigenvalue weighted by Crippen LogP contribution is -2.48. The van der Waals surface area contributed by atoms with Crippen LogP contribution >= 0.6 is 12.2 Å². The molecule has 0 unspecified atom stereocenters. The van der Waals surface area contributed by atoms with Crippen molar-refractivity contribution < 1.29 is 23.8 Å². The van der Waals surface area contributed by atoms with Gasteiger partial charge >= 0.3 is 0 Å². The summed E-state index contributed by atoms with van der Waals surface area (Å²) in [6.45, 7) is 4.84. The predicted octanol–water partition coefficient (Wildman–Crippen LogP) is 2.23. The number of hydrazine groups is 1. The number of hydrogen-bond donors (Lipinski definition) is 3. The fraction of sp³-hybridized carbons (Fsp3) is 0.190. The lowest BCUT2D eigenvalue weighted by Gasteiger charge is -2.11. The summed E-state index contributed by atoms with van der Waals surface area (Å²) in [5.74, 6) is 0.406. The van der Waals surface area contributed by atoms with Gasteiger partial charge in [0.15, 0.2) is 5.11 Å². The molecule has 3 N–H and O–H groups in total. The van der Waals surface area contributed by atoms with Crippen molar-refractivity contribution in [3.63, 3.8) is 0 Å². The maximum absolute atomic E-state index is 12.2. The van der Waals surface area contributed by atoms with Gasteiger partial charge in [0.05, 0.1) is 6.61 Å². The molecule has 0 bridgehead atoms. The van der Waals surface area contributed by atoms with Gasteiger partial charge in [-0.2, -0.15) is 0 Å². The van der Waals surface area contributed by atoms with Gasteiger partial charge in [0.25, 0.3) is 11.8 Å². The van der Waals surface area contributed by atoms with E-state index in [-0.39, 0.29) is 5.11 Å². The molecule has 0 radical (unpaired) electrons. The first kappa shape index (κ1) is 22.9. The zero-order valence-corrected chi connectivity index (χ0v) is 17.3. The Labute approximate surface area is 180 Å². The molecule has 158 valence electrons. The highest BCUT2D eigenvalue weighted by atomic mass is 32.1. The Kier molecular flexibility index (Phi) is 9.29. The van der Waals surface area contributed by atoms with Crippen LogP contribution in [0.2, 0.25) is 0 Å². The number of methoxy groups -OCH3 is 1. The third-order valence-electron chi connectivity index (χ3n) is 3.67. The summed E-state index contributed by atoms with van der Waals surface area (Å²) in [5.41, 5.74) is 5.70. The van der Waals surface area contributed by atoms with Crippen LogP contribution in [0.5, 0.6) is 11.5 Å². The highest BCUT2D eigenvalue weighted by molar-refractivity contribution is 7.80. The van der Waals surface area contributed by atoms with E-state index in [9.17, 15) is 9.59 Å². The first-order valence-corrected chi connectivity index (χ1v) is 9.41. The summed E-state index contributed by atoms with van der Waals surface area (Å²) >= 11 is 5.04. The van der Waals surface area contributed by atoms with Crippen LogP contribution in [-0.4, -0.2) is 43.9 Å². The third kappa shape index (κ3) is 7.53. The molecule has 30 heavy (non-hydrogen) atoms. The average molecular weight is 429 g/mol. The number of thiocarbonyl (C=S) groups is 1. The van der Waals surface area contributed by atoms with E-state index in [1.807, 2.05) is 0 Å². The normalized spacial score (nSPS) is 9.90. The summed E-state index contributed by atoms with van der Waals surface area (Å²) < 4.78 is 15.7. The molecule has 0 saturated heterocycles. The molecule has 0 spiro atoms. The van der Waals surface area contributed by atoms with E-state index in [1.54, 1.807) is 61.7 Å². The van der Waals surface area contributed by atoms with E-state index < -0.39 is 11.8 Å². The zero-order chi connectivity index (χ0) is 21.8. The number of rotatable bonds is 9. The summed E-state index contributed by atoms with van der Waals surface area (Å²) in [4.78, 5) is 24.4. The molecule has 9 heteroatoms. The van der Waals surface area contributed by atoms with E-state index in [0.717, 1.165) is 0 Å². The summed E-state index contributed by atoms with van der Waals surface area (Å²) in [6.07, 6.45) is 1.63. The molecular weight excluding hydrogens is 406 g/mol. The maximum atomic E-state index is 12.2. The first-order valence-electron chi connectivity index (χ1n) is 9.00. The highest BCUT2D eigenvalue weighted by Crippen LogP contribution is 2.13. The molecule has 0 aromatic heterocycles. The minimum Gasteiger partial charge on any atom is -0.491 e.